The maximum absolute atomic E-state index is 6.22. The fraction of sp³-hybridized carbons (Fsp3) is 0.500. The van der Waals surface area contributed by atoms with Gasteiger partial charge in [-0.1, -0.05) is 0 Å². The Hall–Kier alpha value is -0.930. The van der Waals surface area contributed by atoms with Crippen LogP contribution in [0.1, 0.15) is 17.7 Å². The summed E-state index contributed by atoms with van der Waals surface area (Å²) in [4.78, 5) is 4.33. The van der Waals surface area contributed by atoms with E-state index in [2.05, 4.69) is 23.3 Å². The van der Waals surface area contributed by atoms with Crippen molar-refractivity contribution >= 4 is 0 Å². The van der Waals surface area contributed by atoms with E-state index >= 15 is 0 Å². The van der Waals surface area contributed by atoms with Crippen molar-refractivity contribution in [3.63, 3.8) is 0 Å². The number of nitrogens with two attached hydrogens (primary N) is 1. The van der Waals surface area contributed by atoms with E-state index < -0.39 is 0 Å². The molecule has 0 radical (unpaired) electrons. The molecule has 1 aliphatic heterocycles. The minimum Gasteiger partial charge on any atom is -0.319 e. The van der Waals surface area contributed by atoms with E-state index in [1.54, 1.807) is 0 Å². The summed E-state index contributed by atoms with van der Waals surface area (Å²) in [6, 6.07) is 4.07. The normalized spacial score (nSPS) is 27.8. The van der Waals surface area contributed by atoms with E-state index in [-0.39, 0.29) is 5.54 Å². The van der Waals surface area contributed by atoms with Gasteiger partial charge in [0.05, 0.1) is 11.2 Å². The molecule has 3 heteroatoms. The first kappa shape index (κ1) is 8.66. The van der Waals surface area contributed by atoms with Crippen molar-refractivity contribution in [2.24, 2.45) is 5.73 Å². The van der Waals surface area contributed by atoms with Gasteiger partial charge in [-0.2, -0.15) is 0 Å². The van der Waals surface area contributed by atoms with Crippen LogP contribution in [0.5, 0.6) is 0 Å². The van der Waals surface area contributed by atoms with Gasteiger partial charge < -0.3 is 11.1 Å². The molecule has 70 valence electrons. The zero-order valence-corrected chi connectivity index (χ0v) is 7.88. The average Bonchev–Trinajstić information content (AvgIpc) is 2.54. The molecule has 2 heterocycles. The zero-order valence-electron chi connectivity index (χ0n) is 7.88. The summed E-state index contributed by atoms with van der Waals surface area (Å²) >= 11 is 0. The van der Waals surface area contributed by atoms with Gasteiger partial charge in [0.2, 0.25) is 0 Å². The Balaban J connectivity index is 2.33. The summed E-state index contributed by atoms with van der Waals surface area (Å²) < 4.78 is 0. The lowest BCUT2D eigenvalue weighted by Crippen LogP contribution is -2.39. The van der Waals surface area contributed by atoms with Crippen molar-refractivity contribution in [1.29, 1.82) is 0 Å². The Morgan fingerprint density at radius 3 is 3.08 bits per heavy atom. The van der Waals surface area contributed by atoms with Gasteiger partial charge in [-0.05, 0) is 37.6 Å². The van der Waals surface area contributed by atoms with Crippen molar-refractivity contribution in [3.05, 3.63) is 29.6 Å². The highest BCUT2D eigenvalue weighted by molar-refractivity contribution is 5.22. The van der Waals surface area contributed by atoms with Crippen molar-refractivity contribution in [3.8, 4) is 0 Å². The Morgan fingerprint density at radius 1 is 1.62 bits per heavy atom. The van der Waals surface area contributed by atoms with Crippen LogP contribution in [0.15, 0.2) is 18.3 Å². The molecule has 0 amide bonds. The molecule has 1 atom stereocenters. The predicted octanol–water partition coefficient (Wildman–Crippen LogP) is 0.537. The van der Waals surface area contributed by atoms with Crippen molar-refractivity contribution in [1.82, 2.24) is 10.3 Å². The van der Waals surface area contributed by atoms with Gasteiger partial charge in [0, 0.05) is 12.7 Å². The van der Waals surface area contributed by atoms with Crippen LogP contribution in [0.2, 0.25) is 0 Å². The zero-order chi connectivity index (χ0) is 9.31. The summed E-state index contributed by atoms with van der Waals surface area (Å²) in [6.45, 7) is 3.90. The third kappa shape index (κ3) is 1.57. The maximum Gasteiger partial charge on any atom is 0.0722 e. The molecule has 2 rings (SSSR count). The minimum absolute atomic E-state index is 0.244. The van der Waals surface area contributed by atoms with Gasteiger partial charge in [0.1, 0.15) is 0 Å². The number of nitrogens with one attached hydrogen (secondary N) is 1. The molecule has 0 bridgehead atoms. The lowest BCUT2D eigenvalue weighted by atomic mass is 9.94. The molecule has 0 spiro atoms. The second kappa shape index (κ2) is 3.09. The third-order valence-electron chi connectivity index (χ3n) is 2.61. The number of nitrogens with zero attached hydrogens (tertiary/aromatic N) is 1. The van der Waals surface area contributed by atoms with Gasteiger partial charge in [0.25, 0.3) is 0 Å². The van der Waals surface area contributed by atoms with Crippen LogP contribution in [-0.2, 0) is 5.54 Å². The third-order valence-corrected chi connectivity index (χ3v) is 2.61. The molecule has 3 N–H and O–H groups in total. The molecule has 1 fully saturated rings. The lowest BCUT2D eigenvalue weighted by Gasteiger charge is -2.21. The molecule has 0 saturated carbocycles. The Morgan fingerprint density at radius 2 is 2.46 bits per heavy atom. The topological polar surface area (TPSA) is 50.9 Å². The Bertz CT molecular complexity index is 303. The van der Waals surface area contributed by atoms with Crippen molar-refractivity contribution in [2.75, 3.05) is 13.1 Å². The van der Waals surface area contributed by atoms with Crippen molar-refractivity contribution < 1.29 is 0 Å². The minimum atomic E-state index is -0.244. The monoisotopic (exact) mass is 177 g/mol. The van der Waals surface area contributed by atoms with Crippen LogP contribution >= 0.6 is 0 Å². The summed E-state index contributed by atoms with van der Waals surface area (Å²) in [5.41, 5.74) is 8.22. The second-order valence-corrected chi connectivity index (χ2v) is 3.80. The number of pyridine rings is 1. The highest BCUT2D eigenvalue weighted by atomic mass is 15.0. The number of hydrogen-bond acceptors (Lipinski definition) is 3. The van der Waals surface area contributed by atoms with Crippen LogP contribution in [-0.4, -0.2) is 18.1 Å². The van der Waals surface area contributed by atoms with Gasteiger partial charge >= 0.3 is 0 Å². The van der Waals surface area contributed by atoms with Crippen LogP contribution in [0.3, 0.4) is 0 Å². The highest BCUT2D eigenvalue weighted by Crippen LogP contribution is 2.23. The molecular formula is C10H15N3. The molecule has 1 saturated heterocycles. The molecule has 0 aliphatic carbocycles. The van der Waals surface area contributed by atoms with Gasteiger partial charge in [0.15, 0.2) is 0 Å². The first-order chi connectivity index (χ1) is 6.21. The van der Waals surface area contributed by atoms with E-state index in [4.69, 9.17) is 5.73 Å². The number of hydrogen-bond donors (Lipinski definition) is 2. The SMILES string of the molecule is Cc1ccnc(C2(N)CCNC2)c1. The molecule has 3 nitrogen and oxygen atoms in total. The number of aryl methyl sites for hydroxylation is 1. The molecule has 0 aromatic carbocycles. The van der Waals surface area contributed by atoms with Crippen LogP contribution in [0, 0.1) is 6.92 Å². The molecular weight excluding hydrogens is 162 g/mol. The average molecular weight is 177 g/mol. The number of rotatable bonds is 1. The summed E-state index contributed by atoms with van der Waals surface area (Å²) in [5, 5.41) is 3.27. The second-order valence-electron chi connectivity index (χ2n) is 3.80. The van der Waals surface area contributed by atoms with E-state index in [0.717, 1.165) is 25.2 Å². The van der Waals surface area contributed by atoms with E-state index in [1.807, 2.05) is 12.3 Å². The van der Waals surface area contributed by atoms with Gasteiger partial charge in [-0.15, -0.1) is 0 Å². The first-order valence-corrected chi connectivity index (χ1v) is 4.63. The quantitative estimate of drug-likeness (QED) is 0.658. The van der Waals surface area contributed by atoms with Crippen LogP contribution in [0.4, 0.5) is 0 Å². The van der Waals surface area contributed by atoms with Gasteiger partial charge in [-0.25, -0.2) is 0 Å². The largest absolute Gasteiger partial charge is 0.319 e. The first-order valence-electron chi connectivity index (χ1n) is 4.63. The highest BCUT2D eigenvalue weighted by Gasteiger charge is 2.32. The van der Waals surface area contributed by atoms with E-state index in [1.165, 1.54) is 5.56 Å². The Kier molecular flexibility index (Phi) is 2.06. The fourth-order valence-corrected chi connectivity index (χ4v) is 1.74. The summed E-state index contributed by atoms with van der Waals surface area (Å²) in [5.74, 6) is 0. The molecule has 13 heavy (non-hydrogen) atoms. The maximum atomic E-state index is 6.22. The summed E-state index contributed by atoms with van der Waals surface area (Å²) in [7, 11) is 0. The van der Waals surface area contributed by atoms with E-state index in [9.17, 15) is 0 Å². The molecule has 1 unspecified atom stereocenters. The predicted molar refractivity (Wildman–Crippen MR) is 52.3 cm³/mol. The van der Waals surface area contributed by atoms with E-state index in [0.29, 0.717) is 0 Å². The molecule has 1 aliphatic rings. The standard InChI is InChI=1S/C10H15N3/c1-8-2-4-13-9(6-8)10(11)3-5-12-7-10/h2,4,6,12H,3,5,7,11H2,1H3. The number of aromatic nitrogens is 1. The smallest absolute Gasteiger partial charge is 0.0722 e. The van der Waals surface area contributed by atoms with Gasteiger partial charge in [-0.3, -0.25) is 4.98 Å². The Labute approximate surface area is 78.4 Å². The molecule has 1 aromatic rings. The summed E-state index contributed by atoms with van der Waals surface area (Å²) in [6.07, 6.45) is 2.81. The lowest BCUT2D eigenvalue weighted by molar-refractivity contribution is 0.478. The fourth-order valence-electron chi connectivity index (χ4n) is 1.74. The van der Waals surface area contributed by atoms with Crippen LogP contribution < -0.4 is 11.1 Å². The van der Waals surface area contributed by atoms with Crippen molar-refractivity contribution in [2.45, 2.75) is 18.9 Å². The van der Waals surface area contributed by atoms with Crippen LogP contribution in [0.25, 0.3) is 0 Å². The molecule has 1 aromatic heterocycles.